The summed E-state index contributed by atoms with van der Waals surface area (Å²) in [4.78, 5) is 16.9. The highest BCUT2D eigenvalue weighted by molar-refractivity contribution is 5.93. The second-order valence-corrected chi connectivity index (χ2v) is 7.06. The van der Waals surface area contributed by atoms with Crippen LogP contribution in [0.1, 0.15) is 35.2 Å². The summed E-state index contributed by atoms with van der Waals surface area (Å²) in [6.45, 7) is 3.04. The van der Waals surface area contributed by atoms with Gasteiger partial charge in [0.05, 0.1) is 17.9 Å². The predicted octanol–water partition coefficient (Wildman–Crippen LogP) is 2.48. The van der Waals surface area contributed by atoms with Gasteiger partial charge in [0.25, 0.3) is 5.91 Å². The van der Waals surface area contributed by atoms with Crippen LogP contribution in [0.15, 0.2) is 53.3 Å². The first-order valence-corrected chi connectivity index (χ1v) is 9.02. The molecule has 0 spiro atoms. The van der Waals surface area contributed by atoms with Gasteiger partial charge in [0.2, 0.25) is 0 Å². The zero-order valence-corrected chi connectivity index (χ0v) is 14.3. The maximum atomic E-state index is 12.7. The van der Waals surface area contributed by atoms with Gasteiger partial charge in [-0.1, -0.05) is 30.3 Å². The Morgan fingerprint density at radius 3 is 2.56 bits per heavy atom. The van der Waals surface area contributed by atoms with Gasteiger partial charge in [-0.3, -0.25) is 9.69 Å². The predicted molar refractivity (Wildman–Crippen MR) is 94.2 cm³/mol. The molecule has 2 atom stereocenters. The molecule has 1 N–H and O–H groups in total. The van der Waals surface area contributed by atoms with Crippen molar-refractivity contribution in [2.75, 3.05) is 26.2 Å². The number of amides is 1. The van der Waals surface area contributed by atoms with Crippen molar-refractivity contribution >= 4 is 5.91 Å². The second-order valence-electron chi connectivity index (χ2n) is 7.06. The standard InChI is InChI=1S/C20H24N2O3/c23-19(16-8-13-25-15-16)22-12-9-20(24,17-6-2-1-3-7-17)18(14-22)21-10-4-5-11-21/h1-3,6-8,13,15,18,24H,4-5,9-12,14H2/t18-,20?/m1/s1. The quantitative estimate of drug-likeness (QED) is 0.933. The van der Waals surface area contributed by atoms with Crippen molar-refractivity contribution in [3.8, 4) is 0 Å². The average Bonchev–Trinajstić information content (AvgIpc) is 3.36. The van der Waals surface area contributed by atoms with Crippen LogP contribution in [0.3, 0.4) is 0 Å². The van der Waals surface area contributed by atoms with Crippen molar-refractivity contribution in [1.29, 1.82) is 0 Å². The third kappa shape index (κ3) is 2.98. The largest absolute Gasteiger partial charge is 0.472 e. The summed E-state index contributed by atoms with van der Waals surface area (Å²) in [6, 6.07) is 11.5. The van der Waals surface area contributed by atoms with E-state index in [2.05, 4.69) is 4.90 Å². The molecule has 0 bridgehead atoms. The van der Waals surface area contributed by atoms with Crippen LogP contribution < -0.4 is 0 Å². The van der Waals surface area contributed by atoms with Crippen molar-refractivity contribution in [3.05, 3.63) is 60.1 Å². The molecule has 1 amide bonds. The van der Waals surface area contributed by atoms with Crippen molar-refractivity contribution < 1.29 is 14.3 Å². The summed E-state index contributed by atoms with van der Waals surface area (Å²) in [6.07, 6.45) is 5.86. The van der Waals surface area contributed by atoms with E-state index < -0.39 is 5.60 Å². The van der Waals surface area contributed by atoms with Crippen LogP contribution in [0, 0.1) is 0 Å². The van der Waals surface area contributed by atoms with E-state index in [0.717, 1.165) is 31.5 Å². The minimum atomic E-state index is -0.918. The molecule has 5 nitrogen and oxygen atoms in total. The summed E-state index contributed by atoms with van der Waals surface area (Å²) in [7, 11) is 0. The SMILES string of the molecule is O=C(c1ccoc1)N1CCC(O)(c2ccccc2)[C@H](N2CCCC2)C1. The smallest absolute Gasteiger partial charge is 0.257 e. The number of carbonyl (C=O) groups is 1. The molecule has 5 heteroatoms. The van der Waals surface area contributed by atoms with Gasteiger partial charge < -0.3 is 14.4 Å². The molecule has 4 rings (SSSR count). The summed E-state index contributed by atoms with van der Waals surface area (Å²) >= 11 is 0. The lowest BCUT2D eigenvalue weighted by Gasteiger charge is -2.48. The topological polar surface area (TPSA) is 56.9 Å². The fraction of sp³-hybridized carbons (Fsp3) is 0.450. The van der Waals surface area contributed by atoms with Crippen molar-refractivity contribution in [1.82, 2.24) is 9.80 Å². The van der Waals surface area contributed by atoms with E-state index in [-0.39, 0.29) is 11.9 Å². The Kier molecular flexibility index (Phi) is 4.36. The van der Waals surface area contributed by atoms with Gasteiger partial charge in [-0.05, 0) is 44.0 Å². The number of likely N-dealkylation sites (tertiary alicyclic amines) is 2. The molecule has 2 aliphatic rings. The van der Waals surface area contributed by atoms with E-state index in [4.69, 9.17) is 4.42 Å². The molecule has 0 aliphatic carbocycles. The molecule has 2 aliphatic heterocycles. The Hall–Kier alpha value is -2.11. The number of nitrogens with zero attached hydrogens (tertiary/aromatic N) is 2. The zero-order chi connectivity index (χ0) is 17.3. The maximum absolute atomic E-state index is 12.7. The van der Waals surface area contributed by atoms with Gasteiger partial charge in [0.15, 0.2) is 0 Å². The van der Waals surface area contributed by atoms with E-state index in [1.165, 1.54) is 12.5 Å². The summed E-state index contributed by atoms with van der Waals surface area (Å²) in [5, 5.41) is 11.6. The number of aliphatic hydroxyl groups is 1. The van der Waals surface area contributed by atoms with E-state index in [1.807, 2.05) is 35.2 Å². The highest BCUT2D eigenvalue weighted by Crippen LogP contribution is 2.37. The lowest BCUT2D eigenvalue weighted by Crippen LogP contribution is -2.61. The summed E-state index contributed by atoms with van der Waals surface area (Å²) in [5.74, 6) is -0.0203. The molecule has 132 valence electrons. The molecule has 25 heavy (non-hydrogen) atoms. The van der Waals surface area contributed by atoms with Gasteiger partial charge in [0, 0.05) is 13.1 Å². The Labute approximate surface area is 147 Å². The number of hydrogen-bond acceptors (Lipinski definition) is 4. The van der Waals surface area contributed by atoms with Crippen molar-refractivity contribution in [3.63, 3.8) is 0 Å². The molecular formula is C20H24N2O3. The number of benzene rings is 1. The fourth-order valence-electron chi connectivity index (χ4n) is 4.21. The van der Waals surface area contributed by atoms with E-state index >= 15 is 0 Å². The first-order chi connectivity index (χ1) is 12.2. The molecule has 2 saturated heterocycles. The van der Waals surface area contributed by atoms with Crippen LogP contribution in [0.2, 0.25) is 0 Å². The third-order valence-corrected chi connectivity index (χ3v) is 5.62. The number of rotatable bonds is 3. The molecule has 3 heterocycles. The Morgan fingerprint density at radius 1 is 1.12 bits per heavy atom. The van der Waals surface area contributed by atoms with Gasteiger partial charge in [0.1, 0.15) is 11.9 Å². The monoisotopic (exact) mass is 340 g/mol. The van der Waals surface area contributed by atoms with Crippen molar-refractivity contribution in [2.24, 2.45) is 0 Å². The van der Waals surface area contributed by atoms with Crippen LogP contribution in [0.5, 0.6) is 0 Å². The summed E-state index contributed by atoms with van der Waals surface area (Å²) < 4.78 is 5.06. The number of piperidine rings is 1. The Bertz CT molecular complexity index is 710. The van der Waals surface area contributed by atoms with E-state index in [9.17, 15) is 9.90 Å². The summed E-state index contributed by atoms with van der Waals surface area (Å²) in [5.41, 5.74) is 0.603. The molecule has 1 unspecified atom stereocenters. The number of furan rings is 1. The molecule has 0 saturated carbocycles. The molecular weight excluding hydrogens is 316 g/mol. The lowest BCUT2D eigenvalue weighted by molar-refractivity contribution is -0.0878. The maximum Gasteiger partial charge on any atom is 0.257 e. The normalized spacial score (nSPS) is 27.6. The third-order valence-electron chi connectivity index (χ3n) is 5.62. The molecule has 0 radical (unpaired) electrons. The van der Waals surface area contributed by atoms with Crippen LogP contribution in [-0.2, 0) is 5.60 Å². The van der Waals surface area contributed by atoms with E-state index in [0.29, 0.717) is 25.1 Å². The van der Waals surface area contributed by atoms with Gasteiger partial charge in [-0.2, -0.15) is 0 Å². The lowest BCUT2D eigenvalue weighted by atomic mass is 9.79. The first kappa shape index (κ1) is 16.4. The first-order valence-electron chi connectivity index (χ1n) is 9.02. The highest BCUT2D eigenvalue weighted by Gasteiger charge is 2.47. The molecule has 1 aromatic heterocycles. The van der Waals surface area contributed by atoms with Gasteiger partial charge in [-0.15, -0.1) is 0 Å². The molecule has 1 aromatic carbocycles. The Balaban J connectivity index is 1.62. The Morgan fingerprint density at radius 2 is 1.88 bits per heavy atom. The highest BCUT2D eigenvalue weighted by atomic mass is 16.3. The van der Waals surface area contributed by atoms with Crippen LogP contribution in [0.25, 0.3) is 0 Å². The minimum Gasteiger partial charge on any atom is -0.472 e. The van der Waals surface area contributed by atoms with Gasteiger partial charge in [-0.25, -0.2) is 0 Å². The molecule has 2 aromatic rings. The average molecular weight is 340 g/mol. The van der Waals surface area contributed by atoms with Crippen LogP contribution >= 0.6 is 0 Å². The minimum absolute atomic E-state index is 0.0203. The van der Waals surface area contributed by atoms with Crippen LogP contribution in [0.4, 0.5) is 0 Å². The second kappa shape index (κ2) is 6.65. The van der Waals surface area contributed by atoms with Gasteiger partial charge >= 0.3 is 0 Å². The number of carbonyl (C=O) groups excluding carboxylic acids is 1. The molecule has 2 fully saturated rings. The zero-order valence-electron chi connectivity index (χ0n) is 14.3. The van der Waals surface area contributed by atoms with Crippen molar-refractivity contribution in [2.45, 2.75) is 30.9 Å². The number of hydrogen-bond donors (Lipinski definition) is 1. The van der Waals surface area contributed by atoms with Crippen LogP contribution in [-0.4, -0.2) is 53.0 Å². The van der Waals surface area contributed by atoms with E-state index in [1.54, 1.807) is 6.07 Å². The fourth-order valence-corrected chi connectivity index (χ4v) is 4.21.